The molecular formula is C62H50O2. The Bertz CT molecular complexity index is 3270. The molecular weight excluding hydrogens is 777 g/mol. The van der Waals surface area contributed by atoms with Gasteiger partial charge >= 0.3 is 0 Å². The topological polar surface area (TPSA) is 18.5 Å². The molecule has 4 aliphatic rings. The molecule has 13 rings (SSSR count). The molecule has 0 atom stereocenters. The lowest BCUT2D eigenvalue weighted by molar-refractivity contribution is 0.420. The van der Waals surface area contributed by atoms with E-state index < -0.39 is 0 Å². The second-order valence-electron chi connectivity index (χ2n) is 20.7. The third-order valence-electron chi connectivity index (χ3n) is 16.0. The van der Waals surface area contributed by atoms with Gasteiger partial charge in [0.2, 0.25) is 0 Å². The van der Waals surface area contributed by atoms with E-state index in [1.54, 1.807) is 0 Å². The third-order valence-corrected chi connectivity index (χ3v) is 16.0. The zero-order valence-corrected chi connectivity index (χ0v) is 37.8. The lowest BCUT2D eigenvalue weighted by Crippen LogP contribution is -2.25. The molecule has 0 aromatic heterocycles. The van der Waals surface area contributed by atoms with Crippen LogP contribution in [0.2, 0.25) is 0 Å². The summed E-state index contributed by atoms with van der Waals surface area (Å²) in [4.78, 5) is 0. The fraction of sp³-hybridized carbons (Fsp3) is 0.194. The van der Waals surface area contributed by atoms with Gasteiger partial charge in [-0.3, -0.25) is 0 Å². The molecule has 0 radical (unpaired) electrons. The molecule has 2 aliphatic heterocycles. The Hall–Kier alpha value is -6.90. The van der Waals surface area contributed by atoms with Crippen LogP contribution < -0.4 is 9.47 Å². The number of rotatable bonds is 2. The molecule has 9 aromatic carbocycles. The van der Waals surface area contributed by atoms with Crippen LogP contribution in [-0.2, 0) is 21.7 Å². The predicted molar refractivity (Wildman–Crippen MR) is 265 cm³/mol. The van der Waals surface area contributed by atoms with E-state index in [-0.39, 0.29) is 21.7 Å². The Morgan fingerprint density at radius 3 is 0.906 bits per heavy atom. The Morgan fingerprint density at radius 1 is 0.234 bits per heavy atom. The van der Waals surface area contributed by atoms with E-state index in [4.69, 9.17) is 9.47 Å². The highest BCUT2D eigenvalue weighted by atomic mass is 16.5. The fourth-order valence-corrected chi connectivity index (χ4v) is 12.6. The molecule has 2 aliphatic carbocycles. The highest BCUT2D eigenvalue weighted by Crippen LogP contribution is 2.63. The minimum Gasteiger partial charge on any atom is -0.455 e. The molecule has 0 bridgehead atoms. The highest BCUT2D eigenvalue weighted by Gasteiger charge is 2.45. The van der Waals surface area contributed by atoms with Gasteiger partial charge in [0, 0.05) is 77.3 Å². The summed E-state index contributed by atoms with van der Waals surface area (Å²) in [6.07, 6.45) is 0. The second-order valence-corrected chi connectivity index (χ2v) is 20.7. The summed E-state index contributed by atoms with van der Waals surface area (Å²) in [5.41, 5.74) is 18.9. The van der Waals surface area contributed by atoms with Gasteiger partial charge in [-0.1, -0.05) is 213 Å². The van der Waals surface area contributed by atoms with Gasteiger partial charge in [0.1, 0.15) is 23.0 Å². The number of fused-ring (bicyclic) bond motifs is 14. The molecule has 2 nitrogen and oxygen atoms in total. The van der Waals surface area contributed by atoms with Gasteiger partial charge in [0.25, 0.3) is 0 Å². The highest BCUT2D eigenvalue weighted by molar-refractivity contribution is 6.22. The first-order chi connectivity index (χ1) is 30.8. The minimum atomic E-state index is -0.305. The van der Waals surface area contributed by atoms with Crippen LogP contribution in [0, 0.1) is 0 Å². The summed E-state index contributed by atoms with van der Waals surface area (Å²) in [7, 11) is 0. The van der Waals surface area contributed by atoms with Crippen molar-refractivity contribution >= 4 is 21.5 Å². The van der Waals surface area contributed by atoms with Crippen molar-refractivity contribution in [3.05, 3.63) is 202 Å². The molecule has 0 spiro atoms. The summed E-state index contributed by atoms with van der Waals surface area (Å²) >= 11 is 0. The summed E-state index contributed by atoms with van der Waals surface area (Å²) < 4.78 is 15.0. The van der Waals surface area contributed by atoms with Crippen LogP contribution in [0.15, 0.2) is 158 Å². The van der Waals surface area contributed by atoms with E-state index >= 15 is 0 Å². The van der Waals surface area contributed by atoms with Crippen molar-refractivity contribution in [1.82, 2.24) is 0 Å². The van der Waals surface area contributed by atoms with Gasteiger partial charge in [-0.05, 0) is 54.9 Å². The first-order valence-electron chi connectivity index (χ1n) is 22.9. The lowest BCUT2D eigenvalue weighted by Gasteiger charge is -2.37. The zero-order valence-electron chi connectivity index (χ0n) is 37.8. The Morgan fingerprint density at radius 2 is 0.516 bits per heavy atom. The third kappa shape index (κ3) is 4.61. The normalized spacial score (nSPS) is 16.9. The van der Waals surface area contributed by atoms with Crippen molar-refractivity contribution in [2.75, 3.05) is 0 Å². The number of hydrogen-bond donors (Lipinski definition) is 0. The lowest BCUT2D eigenvalue weighted by atomic mass is 9.72. The van der Waals surface area contributed by atoms with E-state index in [2.05, 4.69) is 213 Å². The molecule has 0 unspecified atom stereocenters. The van der Waals surface area contributed by atoms with Crippen molar-refractivity contribution in [2.24, 2.45) is 0 Å². The number of benzene rings is 9. The summed E-state index contributed by atoms with van der Waals surface area (Å²) in [5, 5.41) is 4.75. The van der Waals surface area contributed by atoms with Crippen LogP contribution in [0.5, 0.6) is 23.0 Å². The van der Waals surface area contributed by atoms with Gasteiger partial charge in [-0.25, -0.2) is 0 Å². The van der Waals surface area contributed by atoms with Crippen molar-refractivity contribution in [3.63, 3.8) is 0 Å². The summed E-state index contributed by atoms with van der Waals surface area (Å²) in [6, 6.07) is 58.7. The van der Waals surface area contributed by atoms with Crippen LogP contribution in [0.25, 0.3) is 66.1 Å². The molecule has 0 saturated carbocycles. The first kappa shape index (κ1) is 37.6. The molecule has 0 N–H and O–H groups in total. The number of ether oxygens (including phenoxy) is 2. The molecule has 0 saturated heterocycles. The van der Waals surface area contributed by atoms with Crippen LogP contribution in [0.3, 0.4) is 0 Å². The van der Waals surface area contributed by atoms with Crippen LogP contribution >= 0.6 is 0 Å². The van der Waals surface area contributed by atoms with Gasteiger partial charge in [0.15, 0.2) is 0 Å². The van der Waals surface area contributed by atoms with Crippen molar-refractivity contribution in [1.29, 1.82) is 0 Å². The van der Waals surface area contributed by atoms with Gasteiger partial charge in [0.05, 0.1) is 0 Å². The minimum absolute atomic E-state index is 0.130. The molecule has 9 aromatic rings. The van der Waals surface area contributed by atoms with Gasteiger partial charge < -0.3 is 9.47 Å². The first-order valence-corrected chi connectivity index (χ1v) is 22.9. The predicted octanol–water partition coefficient (Wildman–Crippen LogP) is 16.8. The van der Waals surface area contributed by atoms with Crippen molar-refractivity contribution in [3.8, 4) is 67.5 Å². The van der Waals surface area contributed by atoms with E-state index in [9.17, 15) is 0 Å². The molecule has 2 heterocycles. The maximum atomic E-state index is 7.49. The average Bonchev–Trinajstić information content (AvgIpc) is 3.68. The fourth-order valence-electron chi connectivity index (χ4n) is 12.6. The van der Waals surface area contributed by atoms with Gasteiger partial charge in [-0.2, -0.15) is 0 Å². The summed E-state index contributed by atoms with van der Waals surface area (Å²) in [5.74, 6) is 3.85. The molecule has 0 fully saturated rings. The number of hydrogen-bond acceptors (Lipinski definition) is 2. The van der Waals surface area contributed by atoms with Crippen molar-refractivity contribution in [2.45, 2.75) is 77.0 Å². The van der Waals surface area contributed by atoms with Crippen LogP contribution in [0.1, 0.15) is 99.9 Å². The second kappa shape index (κ2) is 12.4. The summed E-state index contributed by atoms with van der Waals surface area (Å²) in [6.45, 7) is 18.8. The average molecular weight is 827 g/mol. The van der Waals surface area contributed by atoms with E-state index in [1.165, 1.54) is 99.4 Å². The Balaban J connectivity index is 1.05. The standard InChI is InChI=1S/C62H50O2/c1-59(2)43-27-15-13-23-39(43)53-45(59)31-33-49-57(53)63-55-41(25-17-29-47(55)61(49,5)6)51-35-19-9-11-21-37(35)52(38-22-12-10-20-36(38)51)42-26-18-30-48-56(42)64-58-50(62(48,7)8)34-32-46-54(58)40-24-14-16-28-44(40)60(46,3)4/h9-34H,1-8H3. The smallest absolute Gasteiger partial charge is 0.139 e. The quantitative estimate of drug-likeness (QED) is 0.162. The zero-order chi connectivity index (χ0) is 43.7. The maximum Gasteiger partial charge on any atom is 0.139 e. The van der Waals surface area contributed by atoms with Crippen molar-refractivity contribution < 1.29 is 9.47 Å². The van der Waals surface area contributed by atoms with E-state index in [0.29, 0.717) is 0 Å². The molecule has 64 heavy (non-hydrogen) atoms. The largest absolute Gasteiger partial charge is 0.455 e. The monoisotopic (exact) mass is 826 g/mol. The Kier molecular flexibility index (Phi) is 7.30. The van der Waals surface area contributed by atoms with E-state index in [1.807, 2.05) is 0 Å². The van der Waals surface area contributed by atoms with Crippen LogP contribution in [-0.4, -0.2) is 0 Å². The SMILES string of the molecule is CC1(C)c2cccc(-c3c4ccccc4c(-c4cccc5c4Oc4c(ccc6c4-c4ccccc4C6(C)C)C5(C)C)c4ccccc34)c2Oc2c1ccc1c2-c2ccccc2C1(C)C. The molecule has 0 amide bonds. The van der Waals surface area contributed by atoms with Crippen LogP contribution in [0.4, 0.5) is 0 Å². The molecule has 2 heteroatoms. The number of para-hydroxylation sites is 2. The Labute approximate surface area is 376 Å². The molecule has 310 valence electrons. The van der Waals surface area contributed by atoms with E-state index in [0.717, 1.165) is 34.1 Å². The maximum absolute atomic E-state index is 7.49. The van der Waals surface area contributed by atoms with Gasteiger partial charge in [-0.15, -0.1) is 0 Å².